The van der Waals surface area contributed by atoms with Gasteiger partial charge in [-0.2, -0.15) is 0 Å². The van der Waals surface area contributed by atoms with Crippen LogP contribution in [0.15, 0.2) is 30.3 Å². The number of nitrogens with zero attached hydrogens (tertiary/aromatic N) is 3. The summed E-state index contributed by atoms with van der Waals surface area (Å²) in [5.41, 5.74) is 0.541. The van der Waals surface area contributed by atoms with Crippen molar-refractivity contribution < 1.29 is 24.0 Å². The average molecular weight is 413 g/mol. The van der Waals surface area contributed by atoms with Crippen molar-refractivity contribution in [3.63, 3.8) is 0 Å². The van der Waals surface area contributed by atoms with Crippen molar-refractivity contribution in [1.82, 2.24) is 4.98 Å². The van der Waals surface area contributed by atoms with E-state index in [1.807, 2.05) is 43.3 Å². The SMILES string of the molecule is CCOC(=O)c1cc([N+](=O)[O-])c(/C=C/c2ccccc2N(C)C)nc1C(=O)OCC. The lowest BCUT2D eigenvalue weighted by molar-refractivity contribution is -0.385. The van der Waals surface area contributed by atoms with Crippen LogP contribution in [0.5, 0.6) is 0 Å². The highest BCUT2D eigenvalue weighted by Crippen LogP contribution is 2.26. The van der Waals surface area contributed by atoms with Crippen LogP contribution in [-0.2, 0) is 9.47 Å². The topological polar surface area (TPSA) is 112 Å². The first-order chi connectivity index (χ1) is 14.3. The molecule has 1 aromatic carbocycles. The molecule has 0 N–H and O–H groups in total. The highest BCUT2D eigenvalue weighted by Gasteiger charge is 2.27. The molecule has 0 saturated carbocycles. The second-order valence-corrected chi connectivity index (χ2v) is 6.27. The van der Waals surface area contributed by atoms with E-state index in [9.17, 15) is 19.7 Å². The first-order valence-corrected chi connectivity index (χ1v) is 9.28. The number of aromatic nitrogens is 1. The fraction of sp³-hybridized carbons (Fsp3) is 0.286. The standard InChI is InChI=1S/C21H23N3O6/c1-5-29-20(25)15-13-18(24(27)28)16(22-19(15)21(26)30-6-2)12-11-14-9-7-8-10-17(14)23(3)4/h7-13H,5-6H2,1-4H3/b12-11+. The number of carbonyl (C=O) groups is 2. The molecular weight excluding hydrogens is 390 g/mol. The van der Waals surface area contributed by atoms with Crippen LogP contribution >= 0.6 is 0 Å². The van der Waals surface area contributed by atoms with Crippen LogP contribution in [0, 0.1) is 10.1 Å². The zero-order valence-electron chi connectivity index (χ0n) is 17.2. The van der Waals surface area contributed by atoms with Crippen LogP contribution in [0.2, 0.25) is 0 Å². The number of para-hydroxylation sites is 1. The van der Waals surface area contributed by atoms with Crippen LogP contribution in [0.1, 0.15) is 46.0 Å². The number of nitro groups is 1. The van der Waals surface area contributed by atoms with Gasteiger partial charge in [0, 0.05) is 25.8 Å². The van der Waals surface area contributed by atoms with Crippen molar-refractivity contribution in [3.05, 3.63) is 63.0 Å². The zero-order chi connectivity index (χ0) is 22.3. The fourth-order valence-electron chi connectivity index (χ4n) is 2.71. The minimum Gasteiger partial charge on any atom is -0.462 e. The molecule has 0 unspecified atom stereocenters. The molecule has 9 heteroatoms. The Balaban J connectivity index is 2.63. The number of hydrogen-bond donors (Lipinski definition) is 0. The molecule has 0 saturated heterocycles. The molecule has 30 heavy (non-hydrogen) atoms. The number of carbonyl (C=O) groups excluding carboxylic acids is 2. The number of ether oxygens (including phenoxy) is 2. The molecule has 0 fully saturated rings. The number of pyridine rings is 1. The predicted molar refractivity (Wildman–Crippen MR) is 113 cm³/mol. The number of esters is 2. The van der Waals surface area contributed by atoms with Gasteiger partial charge < -0.3 is 14.4 Å². The van der Waals surface area contributed by atoms with E-state index in [2.05, 4.69) is 4.98 Å². The van der Waals surface area contributed by atoms with E-state index in [1.54, 1.807) is 19.9 Å². The van der Waals surface area contributed by atoms with Crippen LogP contribution < -0.4 is 4.90 Å². The van der Waals surface area contributed by atoms with Crippen molar-refractivity contribution in [1.29, 1.82) is 0 Å². The van der Waals surface area contributed by atoms with E-state index in [-0.39, 0.29) is 30.2 Å². The Morgan fingerprint density at radius 1 is 1.10 bits per heavy atom. The van der Waals surface area contributed by atoms with Crippen molar-refractivity contribution in [3.8, 4) is 0 Å². The lowest BCUT2D eigenvalue weighted by atomic mass is 10.1. The average Bonchev–Trinajstić information content (AvgIpc) is 2.71. The van der Waals surface area contributed by atoms with E-state index in [0.29, 0.717) is 0 Å². The largest absolute Gasteiger partial charge is 0.462 e. The minimum atomic E-state index is -0.885. The van der Waals surface area contributed by atoms with Gasteiger partial charge in [-0.25, -0.2) is 14.6 Å². The number of hydrogen-bond acceptors (Lipinski definition) is 8. The van der Waals surface area contributed by atoms with Gasteiger partial charge in [0.25, 0.3) is 5.69 Å². The summed E-state index contributed by atoms with van der Waals surface area (Å²) in [7, 11) is 3.75. The Bertz CT molecular complexity index is 985. The Kier molecular flexibility index (Phi) is 7.62. The Morgan fingerprint density at radius 2 is 1.73 bits per heavy atom. The predicted octanol–water partition coefficient (Wildman–Crippen LogP) is 3.58. The molecule has 1 aromatic heterocycles. The number of rotatable bonds is 8. The van der Waals surface area contributed by atoms with Gasteiger partial charge in [0.05, 0.1) is 23.7 Å². The summed E-state index contributed by atoms with van der Waals surface area (Å²) < 4.78 is 9.87. The van der Waals surface area contributed by atoms with Crippen molar-refractivity contribution in [2.24, 2.45) is 0 Å². The second kappa shape index (κ2) is 10.1. The van der Waals surface area contributed by atoms with Gasteiger partial charge >= 0.3 is 11.9 Å². The van der Waals surface area contributed by atoms with E-state index >= 15 is 0 Å². The van der Waals surface area contributed by atoms with Crippen molar-refractivity contribution in [2.75, 3.05) is 32.2 Å². The molecule has 0 aliphatic heterocycles. The molecule has 2 rings (SSSR count). The quantitative estimate of drug-likeness (QED) is 0.367. The molecule has 2 aromatic rings. The molecule has 0 aliphatic carbocycles. The maximum atomic E-state index is 12.3. The van der Waals surface area contributed by atoms with E-state index in [1.165, 1.54) is 6.08 Å². The minimum absolute atomic E-state index is 0.0396. The fourth-order valence-corrected chi connectivity index (χ4v) is 2.71. The molecule has 0 atom stereocenters. The molecule has 0 radical (unpaired) electrons. The van der Waals surface area contributed by atoms with Crippen molar-refractivity contribution in [2.45, 2.75) is 13.8 Å². The smallest absolute Gasteiger partial charge is 0.357 e. The third-order valence-electron chi connectivity index (χ3n) is 4.03. The van der Waals surface area contributed by atoms with Crippen molar-refractivity contribution >= 4 is 35.5 Å². The normalized spacial score (nSPS) is 10.7. The molecular formula is C21H23N3O6. The summed E-state index contributed by atoms with van der Waals surface area (Å²) in [6, 6.07) is 8.45. The Morgan fingerprint density at radius 3 is 2.33 bits per heavy atom. The maximum absolute atomic E-state index is 12.3. The highest BCUT2D eigenvalue weighted by atomic mass is 16.6. The van der Waals surface area contributed by atoms with Gasteiger partial charge in [0.15, 0.2) is 5.69 Å². The van der Waals surface area contributed by atoms with E-state index < -0.39 is 22.5 Å². The summed E-state index contributed by atoms with van der Waals surface area (Å²) in [5.74, 6) is -1.75. The number of benzene rings is 1. The third-order valence-corrected chi connectivity index (χ3v) is 4.03. The monoisotopic (exact) mass is 413 g/mol. The Labute approximate surface area is 174 Å². The first kappa shape index (κ1) is 22.5. The van der Waals surface area contributed by atoms with Gasteiger partial charge in [-0.15, -0.1) is 0 Å². The lowest BCUT2D eigenvalue weighted by Crippen LogP contribution is -2.17. The zero-order valence-corrected chi connectivity index (χ0v) is 17.2. The summed E-state index contributed by atoms with van der Waals surface area (Å²) in [4.78, 5) is 41.5. The molecule has 9 nitrogen and oxygen atoms in total. The van der Waals surface area contributed by atoms with Crippen LogP contribution in [0.25, 0.3) is 12.2 Å². The summed E-state index contributed by atoms with van der Waals surface area (Å²) in [6.45, 7) is 3.29. The van der Waals surface area contributed by atoms with E-state index in [0.717, 1.165) is 17.3 Å². The lowest BCUT2D eigenvalue weighted by Gasteiger charge is -2.15. The summed E-state index contributed by atoms with van der Waals surface area (Å²) in [6.07, 6.45) is 3.09. The van der Waals surface area contributed by atoms with Gasteiger partial charge in [-0.3, -0.25) is 10.1 Å². The first-order valence-electron chi connectivity index (χ1n) is 9.28. The maximum Gasteiger partial charge on any atom is 0.357 e. The molecule has 0 aliphatic rings. The summed E-state index contributed by atoms with van der Waals surface area (Å²) >= 11 is 0. The summed E-state index contributed by atoms with van der Waals surface area (Å²) in [5, 5.41) is 11.6. The molecule has 0 bridgehead atoms. The third kappa shape index (κ3) is 5.19. The van der Waals surface area contributed by atoms with Gasteiger partial charge in [-0.1, -0.05) is 24.3 Å². The Hall–Kier alpha value is -3.75. The van der Waals surface area contributed by atoms with Gasteiger partial charge in [0.2, 0.25) is 0 Å². The highest BCUT2D eigenvalue weighted by molar-refractivity contribution is 6.02. The van der Waals surface area contributed by atoms with Gasteiger partial charge in [-0.05, 0) is 31.6 Å². The van der Waals surface area contributed by atoms with Crippen LogP contribution in [-0.4, -0.2) is 49.2 Å². The second-order valence-electron chi connectivity index (χ2n) is 6.27. The molecule has 0 amide bonds. The van der Waals surface area contributed by atoms with E-state index in [4.69, 9.17) is 9.47 Å². The molecule has 158 valence electrons. The van der Waals surface area contributed by atoms with Crippen LogP contribution in [0.3, 0.4) is 0 Å². The number of anilines is 1. The molecule has 0 spiro atoms. The van der Waals surface area contributed by atoms with Gasteiger partial charge in [0.1, 0.15) is 5.69 Å². The van der Waals surface area contributed by atoms with Crippen LogP contribution in [0.4, 0.5) is 11.4 Å². The molecule has 1 heterocycles.